The van der Waals surface area contributed by atoms with Gasteiger partial charge in [0.1, 0.15) is 12.1 Å². The molecular formula is C33H37N7O5. The summed E-state index contributed by atoms with van der Waals surface area (Å²) in [5.41, 5.74) is 11.1. The highest BCUT2D eigenvalue weighted by Gasteiger charge is 2.48. The Balaban J connectivity index is 1.22. The Bertz CT molecular complexity index is 1610. The predicted molar refractivity (Wildman–Crippen MR) is 169 cm³/mol. The molecule has 2 aromatic carbocycles. The number of aliphatic imine (C=N–C) groups is 1. The van der Waals surface area contributed by atoms with E-state index >= 15 is 0 Å². The van der Waals surface area contributed by atoms with Crippen LogP contribution >= 0.6 is 0 Å². The van der Waals surface area contributed by atoms with Crippen molar-refractivity contribution >= 4 is 40.8 Å². The van der Waals surface area contributed by atoms with Gasteiger partial charge in [-0.25, -0.2) is 20.0 Å². The topological polar surface area (TPSA) is 128 Å². The van der Waals surface area contributed by atoms with Gasteiger partial charge in [0.25, 0.3) is 5.91 Å². The Kier molecular flexibility index (Phi) is 7.76. The number of hydrogen-bond acceptors (Lipinski definition) is 9. The number of carbonyl (C=O) groups is 3. The highest BCUT2D eigenvalue weighted by Crippen LogP contribution is 2.37. The lowest BCUT2D eigenvalue weighted by Crippen LogP contribution is -2.44. The number of ether oxygens (including phenoxy) is 2. The number of amides is 3. The number of benzene rings is 2. The van der Waals surface area contributed by atoms with Crippen LogP contribution in [-0.4, -0.2) is 92.1 Å². The lowest BCUT2D eigenvalue weighted by Gasteiger charge is -2.32. The van der Waals surface area contributed by atoms with Crippen LogP contribution in [0, 0.1) is 0 Å². The molecule has 0 saturated carbocycles. The molecule has 7 rings (SSSR count). The molecule has 3 amide bonds. The highest BCUT2D eigenvalue weighted by molar-refractivity contribution is 6.14. The van der Waals surface area contributed by atoms with Gasteiger partial charge in [0.15, 0.2) is 5.84 Å². The first-order chi connectivity index (χ1) is 21.9. The largest absolute Gasteiger partial charge is 0.459 e. The minimum atomic E-state index is -0.485. The second-order valence-electron chi connectivity index (χ2n) is 11.7. The van der Waals surface area contributed by atoms with Crippen molar-refractivity contribution in [3.63, 3.8) is 0 Å². The van der Waals surface area contributed by atoms with E-state index in [9.17, 15) is 14.4 Å². The summed E-state index contributed by atoms with van der Waals surface area (Å²) in [6, 6.07) is 14.5. The lowest BCUT2D eigenvalue weighted by molar-refractivity contribution is -0.149. The molecule has 5 aliphatic rings. The van der Waals surface area contributed by atoms with Gasteiger partial charge in [-0.2, -0.15) is 0 Å². The fraction of sp³-hybridized carbons (Fsp3) is 0.394. The predicted octanol–water partition coefficient (Wildman–Crippen LogP) is 3.11. The summed E-state index contributed by atoms with van der Waals surface area (Å²) in [7, 11) is 1.58. The number of carbonyl (C=O) groups excluding carboxylic acids is 3. The standard InChI is InChI=1S/C33H37N7O5/c1-3-20-16-27(38-12-14-44-15-13-38)26-18-35-40(30(26)37-29(20)21-4-8-23(9-5-21)36-33(43)34-2)24-10-6-22(7-11-24)31(41)39-19-25-17-28(39)32(42)45-25/h4-11,25,28,35H,3,12-19H2,1-2H3,(H2,34,36,43). The molecule has 12 nitrogen and oxygen atoms in total. The molecule has 5 aliphatic heterocycles. The molecule has 0 spiro atoms. The summed E-state index contributed by atoms with van der Waals surface area (Å²) in [4.78, 5) is 46.6. The van der Waals surface area contributed by atoms with Gasteiger partial charge in [0, 0.05) is 67.6 Å². The van der Waals surface area contributed by atoms with E-state index < -0.39 is 6.04 Å². The number of urea groups is 1. The molecule has 0 aliphatic carbocycles. The molecule has 2 atom stereocenters. The van der Waals surface area contributed by atoms with E-state index in [1.165, 1.54) is 11.3 Å². The van der Waals surface area contributed by atoms with Crippen LogP contribution in [0.1, 0.15) is 42.1 Å². The van der Waals surface area contributed by atoms with Crippen molar-refractivity contribution in [3.05, 3.63) is 76.5 Å². The second-order valence-corrected chi connectivity index (χ2v) is 11.7. The summed E-state index contributed by atoms with van der Waals surface area (Å²) < 4.78 is 10.9. The van der Waals surface area contributed by atoms with E-state index in [0.717, 1.165) is 54.3 Å². The minimum absolute atomic E-state index is 0.158. The molecule has 5 heterocycles. The van der Waals surface area contributed by atoms with Crippen LogP contribution in [0.3, 0.4) is 0 Å². The van der Waals surface area contributed by atoms with Crippen LogP contribution in [0.15, 0.2) is 70.4 Å². The smallest absolute Gasteiger partial charge is 0.329 e. The van der Waals surface area contributed by atoms with Gasteiger partial charge >= 0.3 is 12.0 Å². The zero-order valence-electron chi connectivity index (χ0n) is 25.5. The van der Waals surface area contributed by atoms with Crippen LogP contribution in [0.5, 0.6) is 0 Å². The molecule has 0 aromatic heterocycles. The molecule has 3 N–H and O–H groups in total. The summed E-state index contributed by atoms with van der Waals surface area (Å²) in [6.07, 6.45) is 1.98. The Labute approximate surface area is 261 Å². The first-order valence-corrected chi connectivity index (χ1v) is 15.5. The zero-order chi connectivity index (χ0) is 31.1. The third-order valence-corrected chi connectivity index (χ3v) is 9.09. The Hall–Kier alpha value is -4.68. The SMILES string of the molecule is CCC1=C(c2ccc(NC(=O)NC)cc2)N=C2C(=C(N3CCOCC3)C1)CNN2c1ccc(C(=O)N2CC3CC2C(=O)O3)cc1. The molecule has 4 saturated heterocycles. The van der Waals surface area contributed by atoms with Crippen molar-refractivity contribution in [2.24, 2.45) is 4.99 Å². The monoisotopic (exact) mass is 611 g/mol. The quantitative estimate of drug-likeness (QED) is 0.426. The molecule has 2 unspecified atom stereocenters. The van der Waals surface area contributed by atoms with E-state index in [-0.39, 0.29) is 24.0 Å². The summed E-state index contributed by atoms with van der Waals surface area (Å²) in [5, 5.41) is 7.39. The van der Waals surface area contributed by atoms with Gasteiger partial charge in [-0.3, -0.25) is 9.80 Å². The van der Waals surface area contributed by atoms with E-state index in [4.69, 9.17) is 14.5 Å². The van der Waals surface area contributed by atoms with Gasteiger partial charge in [-0.15, -0.1) is 0 Å². The third-order valence-electron chi connectivity index (χ3n) is 9.09. The maximum Gasteiger partial charge on any atom is 0.329 e. The number of esters is 1. The van der Waals surface area contributed by atoms with Crippen LogP contribution < -0.4 is 21.1 Å². The fourth-order valence-electron chi connectivity index (χ4n) is 6.68. The Morgan fingerprint density at radius 2 is 1.82 bits per heavy atom. The number of fused-ring (bicyclic) bond motifs is 3. The van der Waals surface area contributed by atoms with Gasteiger partial charge in [-0.1, -0.05) is 19.1 Å². The number of hydrogen-bond donors (Lipinski definition) is 3. The number of amidine groups is 1. The number of allylic oxidation sites excluding steroid dienone is 1. The van der Waals surface area contributed by atoms with E-state index in [1.54, 1.807) is 11.9 Å². The number of rotatable bonds is 6. The Morgan fingerprint density at radius 1 is 1.07 bits per heavy atom. The molecule has 234 valence electrons. The number of nitrogens with one attached hydrogen (secondary N) is 3. The van der Waals surface area contributed by atoms with Crippen LogP contribution in [0.2, 0.25) is 0 Å². The number of likely N-dealkylation sites (tertiary alicyclic amines) is 1. The zero-order valence-corrected chi connectivity index (χ0v) is 25.5. The molecule has 4 fully saturated rings. The summed E-state index contributed by atoms with van der Waals surface area (Å²) in [6.45, 7) is 6.23. The van der Waals surface area contributed by atoms with Crippen LogP contribution in [0.25, 0.3) is 5.70 Å². The van der Waals surface area contributed by atoms with Gasteiger partial charge in [0.05, 0.1) is 31.1 Å². The average molecular weight is 612 g/mol. The molecule has 2 aromatic rings. The van der Waals surface area contributed by atoms with E-state index in [1.807, 2.05) is 53.5 Å². The van der Waals surface area contributed by atoms with Crippen molar-refractivity contribution in [2.45, 2.75) is 38.3 Å². The average Bonchev–Trinajstić information content (AvgIpc) is 3.76. The maximum absolute atomic E-state index is 13.3. The molecule has 12 heteroatoms. The van der Waals surface area contributed by atoms with Crippen LogP contribution in [-0.2, 0) is 14.3 Å². The van der Waals surface area contributed by atoms with E-state index in [2.05, 4.69) is 27.9 Å². The van der Waals surface area contributed by atoms with Gasteiger partial charge in [-0.05, 0) is 48.4 Å². The number of hydrazine groups is 1. The third kappa shape index (κ3) is 5.44. The molecule has 0 radical (unpaired) electrons. The normalized spacial score (nSPS) is 22.8. The van der Waals surface area contributed by atoms with Crippen molar-refractivity contribution in [3.8, 4) is 0 Å². The second kappa shape index (κ2) is 12.0. The number of anilines is 2. The first kappa shape index (κ1) is 29.1. The van der Waals surface area contributed by atoms with E-state index in [0.29, 0.717) is 44.0 Å². The lowest BCUT2D eigenvalue weighted by atomic mass is 9.98. The van der Waals surface area contributed by atoms with Gasteiger partial charge < -0.3 is 29.9 Å². The summed E-state index contributed by atoms with van der Waals surface area (Å²) >= 11 is 0. The molecule has 45 heavy (non-hydrogen) atoms. The van der Waals surface area contributed by atoms with Crippen molar-refractivity contribution < 1.29 is 23.9 Å². The maximum atomic E-state index is 13.3. The number of nitrogens with zero attached hydrogens (tertiary/aromatic N) is 4. The van der Waals surface area contributed by atoms with Crippen molar-refractivity contribution in [2.75, 3.05) is 56.8 Å². The minimum Gasteiger partial charge on any atom is -0.459 e. The molecule has 2 bridgehead atoms. The first-order valence-electron chi connectivity index (χ1n) is 15.5. The summed E-state index contributed by atoms with van der Waals surface area (Å²) in [5.74, 6) is 0.349. The fourth-order valence-corrected chi connectivity index (χ4v) is 6.68. The van der Waals surface area contributed by atoms with Crippen LogP contribution in [0.4, 0.5) is 16.2 Å². The molecular weight excluding hydrogens is 574 g/mol. The number of morpholine rings is 2. The Morgan fingerprint density at radius 3 is 2.49 bits per heavy atom. The van der Waals surface area contributed by atoms with Crippen molar-refractivity contribution in [1.29, 1.82) is 0 Å². The highest BCUT2D eigenvalue weighted by atomic mass is 16.6. The van der Waals surface area contributed by atoms with Crippen molar-refractivity contribution in [1.82, 2.24) is 20.5 Å². The van der Waals surface area contributed by atoms with Gasteiger partial charge in [0.2, 0.25) is 0 Å².